The van der Waals surface area contributed by atoms with E-state index in [0.717, 1.165) is 30.5 Å². The van der Waals surface area contributed by atoms with E-state index in [1.807, 2.05) is 0 Å². The Labute approximate surface area is 93.7 Å². The van der Waals surface area contributed by atoms with E-state index < -0.39 is 0 Å². The molecule has 0 radical (unpaired) electrons. The van der Waals surface area contributed by atoms with Crippen LogP contribution < -0.4 is 0 Å². The molecule has 2 heteroatoms. The molecule has 2 rings (SSSR count). The Morgan fingerprint density at radius 1 is 1.00 bits per heavy atom. The molecule has 2 aliphatic rings. The van der Waals surface area contributed by atoms with Gasteiger partial charge in [-0.15, -0.1) is 0 Å². The molecule has 2 unspecified atom stereocenters. The maximum absolute atomic E-state index is 9.13. The standard InChI is InChI=1S/C13H25NO/c1-10-7-11(2)9-13(8-10)14(5-6-15)12-3-4-12/h10-13,15H,3-9H2,1-2H3. The lowest BCUT2D eigenvalue weighted by molar-refractivity contribution is 0.0835. The maximum Gasteiger partial charge on any atom is 0.0558 e. The van der Waals surface area contributed by atoms with Crippen molar-refractivity contribution >= 4 is 0 Å². The first-order valence-electron chi connectivity index (χ1n) is 6.57. The van der Waals surface area contributed by atoms with Crippen LogP contribution in [-0.2, 0) is 0 Å². The topological polar surface area (TPSA) is 23.5 Å². The molecule has 1 N–H and O–H groups in total. The van der Waals surface area contributed by atoms with Gasteiger partial charge in [0.25, 0.3) is 0 Å². The fourth-order valence-corrected chi connectivity index (χ4v) is 3.36. The van der Waals surface area contributed by atoms with Crippen LogP contribution in [0.4, 0.5) is 0 Å². The summed E-state index contributed by atoms with van der Waals surface area (Å²) in [5, 5.41) is 9.13. The molecule has 15 heavy (non-hydrogen) atoms. The normalized spacial score (nSPS) is 37.2. The summed E-state index contributed by atoms with van der Waals surface area (Å²) < 4.78 is 0. The molecule has 0 spiro atoms. The van der Waals surface area contributed by atoms with Gasteiger partial charge in [-0.05, 0) is 43.9 Å². The summed E-state index contributed by atoms with van der Waals surface area (Å²) in [5.41, 5.74) is 0. The lowest BCUT2D eigenvalue weighted by Crippen LogP contribution is -2.43. The molecule has 0 saturated heterocycles. The third-order valence-corrected chi connectivity index (χ3v) is 4.00. The second-order valence-corrected chi connectivity index (χ2v) is 5.76. The van der Waals surface area contributed by atoms with Crippen molar-refractivity contribution in [3.63, 3.8) is 0 Å². The molecular formula is C13H25NO. The van der Waals surface area contributed by atoms with Crippen LogP contribution in [0.2, 0.25) is 0 Å². The molecule has 2 atom stereocenters. The van der Waals surface area contributed by atoms with E-state index in [0.29, 0.717) is 6.61 Å². The van der Waals surface area contributed by atoms with Crippen LogP contribution in [0.25, 0.3) is 0 Å². The second-order valence-electron chi connectivity index (χ2n) is 5.76. The Bertz CT molecular complexity index is 193. The lowest BCUT2D eigenvalue weighted by atomic mass is 9.79. The smallest absolute Gasteiger partial charge is 0.0558 e. The summed E-state index contributed by atoms with van der Waals surface area (Å²) in [6.45, 7) is 5.99. The molecule has 2 aliphatic carbocycles. The zero-order valence-electron chi connectivity index (χ0n) is 10.2. The van der Waals surface area contributed by atoms with Gasteiger partial charge < -0.3 is 5.11 Å². The summed E-state index contributed by atoms with van der Waals surface area (Å²) in [4.78, 5) is 2.59. The fraction of sp³-hybridized carbons (Fsp3) is 1.00. The highest BCUT2D eigenvalue weighted by atomic mass is 16.3. The number of aliphatic hydroxyl groups excluding tert-OH is 1. The quantitative estimate of drug-likeness (QED) is 0.771. The highest BCUT2D eigenvalue weighted by Gasteiger charge is 2.36. The van der Waals surface area contributed by atoms with Crippen LogP contribution in [0.15, 0.2) is 0 Å². The molecule has 2 saturated carbocycles. The van der Waals surface area contributed by atoms with Gasteiger partial charge in [-0.25, -0.2) is 0 Å². The third-order valence-electron chi connectivity index (χ3n) is 4.00. The molecule has 0 aromatic rings. The predicted molar refractivity (Wildman–Crippen MR) is 62.8 cm³/mol. The van der Waals surface area contributed by atoms with Gasteiger partial charge in [-0.2, -0.15) is 0 Å². The van der Waals surface area contributed by atoms with E-state index in [1.165, 1.54) is 32.1 Å². The van der Waals surface area contributed by atoms with Gasteiger partial charge in [0.15, 0.2) is 0 Å². The second kappa shape index (κ2) is 4.84. The van der Waals surface area contributed by atoms with Crippen molar-refractivity contribution in [2.45, 2.75) is 58.0 Å². The van der Waals surface area contributed by atoms with E-state index in [4.69, 9.17) is 5.11 Å². The highest BCUT2D eigenvalue weighted by molar-refractivity contribution is 4.91. The highest BCUT2D eigenvalue weighted by Crippen LogP contribution is 2.37. The van der Waals surface area contributed by atoms with Crippen LogP contribution in [0.1, 0.15) is 46.0 Å². The van der Waals surface area contributed by atoms with Gasteiger partial charge >= 0.3 is 0 Å². The Kier molecular flexibility index (Phi) is 3.68. The van der Waals surface area contributed by atoms with Crippen molar-refractivity contribution in [2.24, 2.45) is 11.8 Å². The largest absolute Gasteiger partial charge is 0.395 e. The lowest BCUT2D eigenvalue weighted by Gasteiger charge is -2.39. The zero-order valence-corrected chi connectivity index (χ0v) is 10.2. The molecule has 0 bridgehead atoms. The van der Waals surface area contributed by atoms with Crippen molar-refractivity contribution in [1.82, 2.24) is 4.90 Å². The van der Waals surface area contributed by atoms with Crippen LogP contribution >= 0.6 is 0 Å². The summed E-state index contributed by atoms with van der Waals surface area (Å²) in [5.74, 6) is 1.75. The minimum absolute atomic E-state index is 0.329. The van der Waals surface area contributed by atoms with Crippen LogP contribution in [0.5, 0.6) is 0 Å². The van der Waals surface area contributed by atoms with E-state index in [1.54, 1.807) is 0 Å². The first-order valence-corrected chi connectivity index (χ1v) is 6.57. The Morgan fingerprint density at radius 2 is 1.60 bits per heavy atom. The van der Waals surface area contributed by atoms with Crippen LogP contribution in [-0.4, -0.2) is 35.2 Å². The van der Waals surface area contributed by atoms with E-state index in [2.05, 4.69) is 18.7 Å². The van der Waals surface area contributed by atoms with E-state index >= 15 is 0 Å². The SMILES string of the molecule is CC1CC(C)CC(N(CCO)C2CC2)C1. The number of nitrogens with zero attached hydrogens (tertiary/aromatic N) is 1. The van der Waals surface area contributed by atoms with Crippen molar-refractivity contribution in [3.05, 3.63) is 0 Å². The Hall–Kier alpha value is -0.0800. The van der Waals surface area contributed by atoms with Crippen molar-refractivity contribution in [3.8, 4) is 0 Å². The van der Waals surface area contributed by atoms with Crippen molar-refractivity contribution in [2.75, 3.05) is 13.2 Å². The summed E-state index contributed by atoms with van der Waals surface area (Å²) in [6.07, 6.45) is 6.81. The number of rotatable bonds is 4. The van der Waals surface area contributed by atoms with Gasteiger partial charge in [0, 0.05) is 18.6 Å². The first kappa shape index (κ1) is 11.4. The summed E-state index contributed by atoms with van der Waals surface area (Å²) in [7, 11) is 0. The molecule has 0 aromatic heterocycles. The average molecular weight is 211 g/mol. The zero-order chi connectivity index (χ0) is 10.8. The summed E-state index contributed by atoms with van der Waals surface area (Å²) >= 11 is 0. The van der Waals surface area contributed by atoms with Crippen molar-refractivity contribution in [1.29, 1.82) is 0 Å². The Morgan fingerprint density at radius 3 is 2.07 bits per heavy atom. The van der Waals surface area contributed by atoms with Gasteiger partial charge in [-0.3, -0.25) is 4.90 Å². The molecule has 88 valence electrons. The molecule has 2 nitrogen and oxygen atoms in total. The number of aliphatic hydroxyl groups is 1. The van der Waals surface area contributed by atoms with E-state index in [9.17, 15) is 0 Å². The van der Waals surface area contributed by atoms with Gasteiger partial charge in [0.2, 0.25) is 0 Å². The molecule has 2 fully saturated rings. The van der Waals surface area contributed by atoms with Gasteiger partial charge in [-0.1, -0.05) is 13.8 Å². The Balaban J connectivity index is 1.93. The fourth-order valence-electron chi connectivity index (χ4n) is 3.36. The van der Waals surface area contributed by atoms with Gasteiger partial charge in [0.1, 0.15) is 0 Å². The third kappa shape index (κ3) is 2.94. The molecule has 0 aromatic carbocycles. The maximum atomic E-state index is 9.13. The number of hydrogen-bond acceptors (Lipinski definition) is 2. The van der Waals surface area contributed by atoms with Crippen molar-refractivity contribution < 1.29 is 5.11 Å². The predicted octanol–water partition coefficient (Wildman–Crippen LogP) is 2.27. The van der Waals surface area contributed by atoms with Gasteiger partial charge in [0.05, 0.1) is 6.61 Å². The number of hydrogen-bond donors (Lipinski definition) is 1. The first-order chi connectivity index (χ1) is 7.20. The van der Waals surface area contributed by atoms with Crippen LogP contribution in [0.3, 0.4) is 0 Å². The molecule has 0 amide bonds. The minimum atomic E-state index is 0.329. The summed E-state index contributed by atoms with van der Waals surface area (Å²) in [6, 6.07) is 1.56. The molecule has 0 aliphatic heterocycles. The molecular weight excluding hydrogens is 186 g/mol. The molecule has 0 heterocycles. The minimum Gasteiger partial charge on any atom is -0.395 e. The monoisotopic (exact) mass is 211 g/mol. The average Bonchev–Trinajstić information content (AvgIpc) is 2.95. The van der Waals surface area contributed by atoms with Crippen LogP contribution in [0, 0.1) is 11.8 Å². The van der Waals surface area contributed by atoms with E-state index in [-0.39, 0.29) is 0 Å².